The van der Waals surface area contributed by atoms with Crippen LogP contribution in [0.4, 0.5) is 0 Å². The highest BCUT2D eigenvalue weighted by atomic mass is 16.2. The summed E-state index contributed by atoms with van der Waals surface area (Å²) in [4.78, 5) is 12.2. The molecule has 0 aliphatic rings. The lowest BCUT2D eigenvalue weighted by molar-refractivity contribution is -0.831. The minimum absolute atomic E-state index is 0.419. The number of hydrogen-bond acceptors (Lipinski definition) is 1. The Labute approximate surface area is 158 Å². The number of unbranched alkanes of at least 4 members (excludes halogenated alkanes) is 11. The Bertz CT molecular complexity index is 331. The second-order valence-corrected chi connectivity index (χ2v) is 7.76. The van der Waals surface area contributed by atoms with Gasteiger partial charge in [0.05, 0.1) is 26.6 Å². The van der Waals surface area contributed by atoms with Crippen molar-refractivity contribution in [1.29, 1.82) is 0 Å². The van der Waals surface area contributed by atoms with Gasteiger partial charge in [-0.1, -0.05) is 70.4 Å². The highest BCUT2D eigenvalue weighted by molar-refractivity contribution is 5.68. The van der Waals surface area contributed by atoms with Gasteiger partial charge in [-0.3, -0.25) is 4.48 Å². The molecule has 25 heavy (non-hydrogen) atoms. The van der Waals surface area contributed by atoms with Crippen molar-refractivity contribution in [2.75, 3.05) is 20.1 Å². The minimum atomic E-state index is 0.419. The molecule has 0 aromatic carbocycles. The molecule has 0 fully saturated rings. The summed E-state index contributed by atoms with van der Waals surface area (Å²) in [6, 6.07) is 0. The zero-order valence-corrected chi connectivity index (χ0v) is 17.8. The Morgan fingerprint density at radius 1 is 0.680 bits per heavy atom. The molecule has 0 heterocycles. The van der Waals surface area contributed by atoms with Crippen LogP contribution >= 0.6 is 0 Å². The average Bonchev–Trinajstić information content (AvgIpc) is 2.63. The van der Waals surface area contributed by atoms with Crippen LogP contribution in [-0.2, 0) is 4.79 Å². The molecule has 0 aliphatic carbocycles. The van der Waals surface area contributed by atoms with Crippen LogP contribution in [0.25, 0.3) is 0 Å². The zero-order valence-electron chi connectivity index (χ0n) is 17.8. The second kappa shape index (κ2) is 16.8. The van der Waals surface area contributed by atoms with Gasteiger partial charge in [0.2, 0.25) is 0 Å². The first kappa shape index (κ1) is 24.4. The first-order chi connectivity index (χ1) is 12.1. The number of quaternary nitrogens is 1. The van der Waals surface area contributed by atoms with E-state index in [0.717, 1.165) is 25.9 Å². The number of hydrogen-bond donors (Lipinski definition) is 0. The van der Waals surface area contributed by atoms with Crippen molar-refractivity contribution in [3.8, 4) is 0 Å². The molecule has 0 aromatic heterocycles. The van der Waals surface area contributed by atoms with Gasteiger partial charge in [0.15, 0.2) is 0 Å². The third-order valence-corrected chi connectivity index (χ3v) is 5.65. The molecule has 2 nitrogen and oxygen atoms in total. The molecule has 0 atom stereocenters. The third kappa shape index (κ3) is 13.3. The first-order valence-electron chi connectivity index (χ1n) is 11.1. The first-order valence-corrected chi connectivity index (χ1v) is 11.1. The summed E-state index contributed by atoms with van der Waals surface area (Å²) in [6.07, 6.45) is 22.5. The van der Waals surface area contributed by atoms with Gasteiger partial charge in [0.25, 0.3) is 0 Å². The summed E-state index contributed by atoms with van der Waals surface area (Å²) in [5.41, 5.74) is 0. The van der Waals surface area contributed by atoms with Crippen LogP contribution < -0.4 is 0 Å². The summed E-state index contributed by atoms with van der Waals surface area (Å²) < 4.78 is 0.601. The molecular weight excluding hydrogens is 306 g/mol. The summed E-state index contributed by atoms with van der Waals surface area (Å²) >= 11 is 0. The normalized spacial score (nSPS) is 12.2. The van der Waals surface area contributed by atoms with E-state index < -0.39 is 0 Å². The van der Waals surface area contributed by atoms with Crippen molar-refractivity contribution in [3.05, 3.63) is 12.2 Å². The van der Waals surface area contributed by atoms with Gasteiger partial charge in [-0.25, -0.2) is 4.79 Å². The molecule has 0 unspecified atom stereocenters. The van der Waals surface area contributed by atoms with Gasteiger partial charge in [0, 0.05) is 0 Å². The van der Waals surface area contributed by atoms with Crippen LogP contribution in [0.3, 0.4) is 0 Å². The minimum Gasteiger partial charge on any atom is -0.263 e. The van der Waals surface area contributed by atoms with E-state index in [1.54, 1.807) is 0 Å². The molecule has 148 valence electrons. The predicted molar refractivity (Wildman–Crippen MR) is 112 cm³/mol. The quantitative estimate of drug-likeness (QED) is 0.156. The van der Waals surface area contributed by atoms with Gasteiger partial charge < -0.3 is 0 Å². The summed E-state index contributed by atoms with van der Waals surface area (Å²) in [5.74, 6) is 0.419. The molecule has 2 heteroatoms. The Morgan fingerprint density at radius 3 is 1.60 bits per heavy atom. The van der Waals surface area contributed by atoms with Crippen LogP contribution in [-0.4, -0.2) is 30.5 Å². The predicted octanol–water partition coefficient (Wildman–Crippen LogP) is 7.04. The van der Waals surface area contributed by atoms with Gasteiger partial charge in [0.1, 0.15) is 0 Å². The molecule has 0 aromatic rings. The maximum absolute atomic E-state index is 12.2. The number of allylic oxidation sites excluding steroid dienone is 2. The van der Waals surface area contributed by atoms with E-state index in [2.05, 4.69) is 40.0 Å². The van der Waals surface area contributed by atoms with Crippen molar-refractivity contribution in [2.45, 2.75) is 111 Å². The fourth-order valence-electron chi connectivity index (χ4n) is 3.19. The molecule has 0 spiro atoms. The van der Waals surface area contributed by atoms with E-state index in [1.807, 2.05) is 0 Å². The molecular formula is C23H46NO+. The molecule has 0 saturated heterocycles. The van der Waals surface area contributed by atoms with Crippen LogP contribution in [0, 0.1) is 0 Å². The molecule has 0 saturated carbocycles. The van der Waals surface area contributed by atoms with Gasteiger partial charge in [-0.15, -0.1) is 0 Å². The molecule has 1 amide bonds. The van der Waals surface area contributed by atoms with Crippen molar-refractivity contribution in [3.63, 3.8) is 0 Å². The number of carbonyl (C=O) groups excluding carboxylic acids is 1. The van der Waals surface area contributed by atoms with Crippen molar-refractivity contribution >= 4 is 5.91 Å². The average molecular weight is 353 g/mol. The standard InChI is InChI=1S/C23H46NO/c1-5-8-9-10-11-12-13-14-15-16-17-18-19-20-21-22-23(25)24(4,6-2)7-3/h14-15H,5-13,16-22H2,1-4H3/q+1/b15-14-. The molecule has 0 radical (unpaired) electrons. The Morgan fingerprint density at radius 2 is 1.12 bits per heavy atom. The van der Waals surface area contributed by atoms with Gasteiger partial charge >= 0.3 is 5.91 Å². The SMILES string of the molecule is CCCCCCCC/C=C\CCCCCCCC(=O)[N+](C)(CC)CC. The summed E-state index contributed by atoms with van der Waals surface area (Å²) in [5, 5.41) is 0. The van der Waals surface area contributed by atoms with Crippen molar-refractivity contribution in [2.24, 2.45) is 0 Å². The summed E-state index contributed by atoms with van der Waals surface area (Å²) in [6.45, 7) is 8.33. The highest BCUT2D eigenvalue weighted by Gasteiger charge is 2.26. The Balaban J connectivity index is 3.39. The van der Waals surface area contributed by atoms with E-state index in [1.165, 1.54) is 77.0 Å². The lowest BCUT2D eigenvalue weighted by Crippen LogP contribution is -2.48. The van der Waals surface area contributed by atoms with Crippen molar-refractivity contribution < 1.29 is 9.28 Å². The van der Waals surface area contributed by atoms with Crippen LogP contribution in [0.5, 0.6) is 0 Å². The largest absolute Gasteiger partial charge is 0.313 e. The molecule has 0 aliphatic heterocycles. The van der Waals surface area contributed by atoms with Gasteiger partial charge in [-0.05, 0) is 46.0 Å². The maximum atomic E-state index is 12.2. The second-order valence-electron chi connectivity index (χ2n) is 7.76. The van der Waals surface area contributed by atoms with Crippen LogP contribution in [0.15, 0.2) is 12.2 Å². The van der Waals surface area contributed by atoms with Gasteiger partial charge in [-0.2, -0.15) is 0 Å². The topological polar surface area (TPSA) is 17.1 Å². The number of amides is 1. The van der Waals surface area contributed by atoms with E-state index in [0.29, 0.717) is 10.4 Å². The number of rotatable bonds is 17. The Kier molecular flexibility index (Phi) is 16.4. The fourth-order valence-corrected chi connectivity index (χ4v) is 3.19. The van der Waals surface area contributed by atoms with Crippen LogP contribution in [0.2, 0.25) is 0 Å². The number of nitrogens with zero attached hydrogens (tertiary/aromatic N) is 1. The van der Waals surface area contributed by atoms with Crippen molar-refractivity contribution in [1.82, 2.24) is 0 Å². The molecule has 0 bridgehead atoms. The van der Waals surface area contributed by atoms with E-state index >= 15 is 0 Å². The van der Waals surface area contributed by atoms with E-state index in [9.17, 15) is 4.79 Å². The monoisotopic (exact) mass is 352 g/mol. The Hall–Kier alpha value is -0.630. The molecule has 0 N–H and O–H groups in total. The molecule has 0 rings (SSSR count). The maximum Gasteiger partial charge on any atom is 0.313 e. The van der Waals surface area contributed by atoms with E-state index in [4.69, 9.17) is 0 Å². The zero-order chi connectivity index (χ0) is 18.8. The highest BCUT2D eigenvalue weighted by Crippen LogP contribution is 2.12. The lowest BCUT2D eigenvalue weighted by atomic mass is 10.1. The van der Waals surface area contributed by atoms with E-state index in [-0.39, 0.29) is 0 Å². The summed E-state index contributed by atoms with van der Waals surface area (Å²) in [7, 11) is 2.07. The van der Waals surface area contributed by atoms with Crippen LogP contribution in [0.1, 0.15) is 111 Å². The lowest BCUT2D eigenvalue weighted by Gasteiger charge is -2.28. The third-order valence-electron chi connectivity index (χ3n) is 5.65. The fraction of sp³-hybridized carbons (Fsp3) is 0.870. The number of carbonyl (C=O) groups is 1. The smallest absolute Gasteiger partial charge is 0.263 e.